The Kier molecular flexibility index (Phi) is 7.07. The lowest BCUT2D eigenvalue weighted by atomic mass is 10.0. The van der Waals surface area contributed by atoms with Crippen LogP contribution in [0.4, 0.5) is 10.6 Å². The summed E-state index contributed by atoms with van der Waals surface area (Å²) in [7, 11) is 1.77. The number of nitrogens with zero attached hydrogens (tertiary/aromatic N) is 6. The van der Waals surface area contributed by atoms with Crippen LogP contribution in [-0.4, -0.2) is 54.5 Å². The Morgan fingerprint density at radius 1 is 1.03 bits per heavy atom. The van der Waals surface area contributed by atoms with E-state index in [1.807, 2.05) is 54.6 Å². The first-order valence-electron chi connectivity index (χ1n) is 12.5. The van der Waals surface area contributed by atoms with Crippen molar-refractivity contribution in [3.8, 4) is 22.8 Å². The predicted molar refractivity (Wildman–Crippen MR) is 142 cm³/mol. The molecular formula is C27H30N8O3. The number of nitrogen functional groups attached to an aromatic ring is 1. The zero-order valence-electron chi connectivity index (χ0n) is 21.1. The maximum absolute atomic E-state index is 12.9. The number of hydrogen-bond donors (Lipinski definition) is 2. The van der Waals surface area contributed by atoms with Crippen molar-refractivity contribution in [2.24, 2.45) is 5.73 Å². The minimum absolute atomic E-state index is 0.0577. The van der Waals surface area contributed by atoms with Gasteiger partial charge in [-0.25, -0.2) is 14.5 Å². The summed E-state index contributed by atoms with van der Waals surface area (Å²) in [6, 6.07) is 16.3. The van der Waals surface area contributed by atoms with Crippen molar-refractivity contribution in [1.29, 1.82) is 0 Å². The number of carbonyl (C=O) groups excluding carboxylic acids is 2. The number of ether oxygens (including phenoxy) is 1. The van der Waals surface area contributed by atoms with Crippen molar-refractivity contribution in [2.45, 2.75) is 44.2 Å². The Hall–Kier alpha value is -4.67. The normalized spacial score (nSPS) is 17.5. The number of rotatable bonds is 6. The van der Waals surface area contributed by atoms with Crippen LogP contribution < -0.4 is 16.2 Å². The van der Waals surface area contributed by atoms with E-state index in [0.29, 0.717) is 23.4 Å². The van der Waals surface area contributed by atoms with Gasteiger partial charge in [-0.2, -0.15) is 14.9 Å². The molecule has 0 saturated heterocycles. The van der Waals surface area contributed by atoms with E-state index in [-0.39, 0.29) is 29.5 Å². The average molecular weight is 515 g/mol. The molecule has 2 heterocycles. The van der Waals surface area contributed by atoms with Crippen LogP contribution in [0.1, 0.15) is 48.5 Å². The van der Waals surface area contributed by atoms with Crippen LogP contribution in [0, 0.1) is 0 Å². The predicted octanol–water partition coefficient (Wildman–Crippen LogP) is 4.09. The Morgan fingerprint density at radius 2 is 1.74 bits per heavy atom. The lowest BCUT2D eigenvalue weighted by Gasteiger charge is -2.29. The summed E-state index contributed by atoms with van der Waals surface area (Å²) < 4.78 is 8.80. The summed E-state index contributed by atoms with van der Waals surface area (Å²) in [6.45, 7) is 0. The number of carbonyl (C=O) groups is 2. The van der Waals surface area contributed by atoms with Crippen molar-refractivity contribution in [2.75, 3.05) is 12.8 Å². The van der Waals surface area contributed by atoms with Crippen LogP contribution >= 0.6 is 0 Å². The van der Waals surface area contributed by atoms with Gasteiger partial charge in [0.2, 0.25) is 0 Å². The van der Waals surface area contributed by atoms with Crippen LogP contribution in [0.15, 0.2) is 67.3 Å². The quantitative estimate of drug-likeness (QED) is 0.368. The Balaban J connectivity index is 1.41. The topological polar surface area (TPSA) is 147 Å². The number of benzene rings is 2. The standard InChI is InChI=1S/C27H30N8O3/c1-33(27(37)34-17-30-16-31-34)19-7-5-6-8-20(15-19)35-25(28)23(26(29)36)24(32-35)18-11-13-22(14-12-18)38-21-9-3-2-4-10-21/h2-4,9-14,16-17,19-20H,5-8,15,28H2,1H3,(H2,29,36)/t19-,20+/m1/s1. The van der Waals surface area contributed by atoms with Gasteiger partial charge >= 0.3 is 6.03 Å². The summed E-state index contributed by atoms with van der Waals surface area (Å²) in [6.07, 6.45) is 6.90. The number of amides is 2. The molecule has 11 heteroatoms. The first-order chi connectivity index (χ1) is 18.4. The van der Waals surface area contributed by atoms with E-state index in [0.717, 1.165) is 31.4 Å². The highest BCUT2D eigenvalue weighted by atomic mass is 16.5. The molecule has 38 heavy (non-hydrogen) atoms. The minimum atomic E-state index is -0.642. The van der Waals surface area contributed by atoms with Crippen LogP contribution in [0.5, 0.6) is 11.5 Å². The molecule has 2 atom stereocenters. The van der Waals surface area contributed by atoms with Gasteiger partial charge in [0, 0.05) is 18.7 Å². The highest BCUT2D eigenvalue weighted by molar-refractivity contribution is 6.03. The molecule has 2 aromatic carbocycles. The molecule has 2 amide bonds. The highest BCUT2D eigenvalue weighted by Gasteiger charge is 2.31. The van der Waals surface area contributed by atoms with E-state index < -0.39 is 5.91 Å². The Morgan fingerprint density at radius 3 is 2.42 bits per heavy atom. The largest absolute Gasteiger partial charge is 0.457 e. The molecule has 0 bridgehead atoms. The molecule has 4 N–H and O–H groups in total. The van der Waals surface area contributed by atoms with E-state index >= 15 is 0 Å². The number of aromatic nitrogens is 5. The fraction of sp³-hybridized carbons (Fsp3) is 0.296. The van der Waals surface area contributed by atoms with Gasteiger partial charge in [0.1, 0.15) is 41.2 Å². The Labute approximate surface area is 220 Å². The zero-order chi connectivity index (χ0) is 26.6. The van der Waals surface area contributed by atoms with Gasteiger partial charge in [0.15, 0.2) is 0 Å². The van der Waals surface area contributed by atoms with Crippen molar-refractivity contribution < 1.29 is 14.3 Å². The summed E-state index contributed by atoms with van der Waals surface area (Å²) in [5, 5.41) is 8.75. The van der Waals surface area contributed by atoms with Gasteiger partial charge < -0.3 is 21.1 Å². The molecule has 1 aliphatic carbocycles. The third-order valence-corrected chi connectivity index (χ3v) is 6.98. The molecular weight excluding hydrogens is 484 g/mol. The van der Waals surface area contributed by atoms with E-state index in [9.17, 15) is 9.59 Å². The number of hydrogen-bond acceptors (Lipinski definition) is 7. The fourth-order valence-electron chi connectivity index (χ4n) is 4.98. The SMILES string of the molecule is CN(C(=O)n1cncn1)[C@@H]1CCCC[C@H](n2nc(-c3ccc(Oc4ccccc4)cc3)c(C(N)=O)c2N)C1. The van der Waals surface area contributed by atoms with E-state index in [1.54, 1.807) is 16.6 Å². The van der Waals surface area contributed by atoms with E-state index in [4.69, 9.17) is 21.3 Å². The van der Waals surface area contributed by atoms with Crippen LogP contribution in [0.3, 0.4) is 0 Å². The number of anilines is 1. The van der Waals surface area contributed by atoms with Crippen molar-refractivity contribution in [3.05, 3.63) is 72.8 Å². The second kappa shape index (κ2) is 10.8. The molecule has 0 radical (unpaired) electrons. The molecule has 0 unspecified atom stereocenters. The van der Waals surface area contributed by atoms with Crippen LogP contribution in [-0.2, 0) is 0 Å². The third-order valence-electron chi connectivity index (χ3n) is 6.98. The van der Waals surface area contributed by atoms with Gasteiger partial charge in [-0.3, -0.25) is 4.79 Å². The third kappa shape index (κ3) is 5.08. The molecule has 0 spiro atoms. The number of para-hydroxylation sites is 1. The molecule has 1 fully saturated rings. The maximum Gasteiger partial charge on any atom is 0.346 e. The molecule has 1 aliphatic rings. The summed E-state index contributed by atoms with van der Waals surface area (Å²) in [5.74, 6) is 0.964. The van der Waals surface area contributed by atoms with Gasteiger partial charge in [-0.1, -0.05) is 31.0 Å². The van der Waals surface area contributed by atoms with Gasteiger partial charge in [-0.15, -0.1) is 0 Å². The summed E-state index contributed by atoms with van der Waals surface area (Å²) >= 11 is 0. The van der Waals surface area contributed by atoms with Gasteiger partial charge in [-0.05, 0) is 55.7 Å². The van der Waals surface area contributed by atoms with Crippen molar-refractivity contribution >= 4 is 17.8 Å². The van der Waals surface area contributed by atoms with Crippen molar-refractivity contribution in [3.63, 3.8) is 0 Å². The highest BCUT2D eigenvalue weighted by Crippen LogP contribution is 2.36. The van der Waals surface area contributed by atoms with Crippen LogP contribution in [0.2, 0.25) is 0 Å². The van der Waals surface area contributed by atoms with Gasteiger partial charge in [0.05, 0.1) is 6.04 Å². The van der Waals surface area contributed by atoms with Crippen LogP contribution in [0.25, 0.3) is 11.3 Å². The number of primary amides is 1. The fourth-order valence-corrected chi connectivity index (χ4v) is 4.98. The second-order valence-corrected chi connectivity index (χ2v) is 9.42. The first kappa shape index (κ1) is 25.0. The molecule has 11 nitrogen and oxygen atoms in total. The molecule has 1 saturated carbocycles. The molecule has 0 aliphatic heterocycles. The smallest absolute Gasteiger partial charge is 0.346 e. The van der Waals surface area contributed by atoms with Crippen molar-refractivity contribution in [1.82, 2.24) is 29.4 Å². The zero-order valence-corrected chi connectivity index (χ0v) is 21.1. The number of nitrogens with two attached hydrogens (primary N) is 2. The Bertz CT molecular complexity index is 1400. The molecule has 5 rings (SSSR count). The minimum Gasteiger partial charge on any atom is -0.457 e. The monoisotopic (exact) mass is 514 g/mol. The molecule has 196 valence electrons. The maximum atomic E-state index is 12.9. The first-order valence-corrected chi connectivity index (χ1v) is 12.5. The second-order valence-electron chi connectivity index (χ2n) is 9.42. The summed E-state index contributed by atoms with van der Waals surface area (Å²) in [5.41, 5.74) is 13.6. The lowest BCUT2D eigenvalue weighted by molar-refractivity contribution is 0.100. The van der Waals surface area contributed by atoms with Gasteiger partial charge in [0.25, 0.3) is 5.91 Å². The molecule has 2 aromatic heterocycles. The average Bonchev–Trinajstić information content (AvgIpc) is 3.51. The lowest BCUT2D eigenvalue weighted by Crippen LogP contribution is -2.40. The summed E-state index contributed by atoms with van der Waals surface area (Å²) in [4.78, 5) is 30.9. The van der Waals surface area contributed by atoms with E-state index in [2.05, 4.69) is 10.1 Å². The molecule has 4 aromatic rings. The van der Waals surface area contributed by atoms with E-state index in [1.165, 1.54) is 17.3 Å².